The minimum absolute atomic E-state index is 0. The van der Waals surface area contributed by atoms with Gasteiger partial charge in [-0.3, -0.25) is 4.99 Å². The summed E-state index contributed by atoms with van der Waals surface area (Å²) in [6.45, 7) is 5.17. The Bertz CT molecular complexity index is 703. The quantitative estimate of drug-likeness (QED) is 0.326. The molecule has 1 heterocycles. The maximum absolute atomic E-state index is 11.3. The molecule has 2 N–H and O–H groups in total. The molecule has 0 aliphatic carbocycles. The summed E-state index contributed by atoms with van der Waals surface area (Å²) in [4.78, 5) is 4.17. The second-order valence-electron chi connectivity index (χ2n) is 6.66. The molecular formula is C15H27Cl2IN4O2S. The molecule has 0 fully saturated rings. The fourth-order valence-electron chi connectivity index (χ4n) is 2.03. The Balaban J connectivity index is 0.00000576. The number of halogens is 3. The van der Waals surface area contributed by atoms with E-state index < -0.39 is 9.84 Å². The van der Waals surface area contributed by atoms with Crippen LogP contribution in [0.1, 0.15) is 26.0 Å². The van der Waals surface area contributed by atoms with E-state index in [0.717, 1.165) is 5.69 Å². The van der Waals surface area contributed by atoms with Crippen LogP contribution in [-0.4, -0.2) is 44.5 Å². The highest BCUT2D eigenvalue weighted by Gasteiger charge is 2.20. The molecule has 1 aromatic rings. The summed E-state index contributed by atoms with van der Waals surface area (Å²) in [7, 11) is 0.572. The van der Waals surface area contributed by atoms with E-state index in [-0.39, 0.29) is 35.1 Å². The number of hydrogen-bond donors (Lipinski definition) is 2. The molecule has 10 heteroatoms. The van der Waals surface area contributed by atoms with Gasteiger partial charge in [-0.1, -0.05) is 37.0 Å². The van der Waals surface area contributed by atoms with Crippen LogP contribution in [0.3, 0.4) is 0 Å². The van der Waals surface area contributed by atoms with Crippen molar-refractivity contribution in [2.24, 2.45) is 17.5 Å². The van der Waals surface area contributed by atoms with Crippen molar-refractivity contribution >= 4 is 63.0 Å². The number of nitrogens with one attached hydrogen (secondary N) is 2. The van der Waals surface area contributed by atoms with Crippen LogP contribution in [0, 0.1) is 5.41 Å². The van der Waals surface area contributed by atoms with Crippen molar-refractivity contribution in [1.29, 1.82) is 0 Å². The molecule has 146 valence electrons. The molecule has 0 unspecified atom stereocenters. The molecule has 0 aliphatic rings. The largest absolute Gasteiger partial charge is 0.356 e. The lowest BCUT2D eigenvalue weighted by Crippen LogP contribution is -2.42. The maximum Gasteiger partial charge on any atom is 0.191 e. The summed E-state index contributed by atoms with van der Waals surface area (Å²) in [5.41, 5.74) is 0.766. The minimum atomic E-state index is -2.96. The zero-order valence-electron chi connectivity index (χ0n) is 15.2. The van der Waals surface area contributed by atoms with Crippen LogP contribution in [0.25, 0.3) is 0 Å². The van der Waals surface area contributed by atoms with Crippen molar-refractivity contribution in [2.75, 3.05) is 25.6 Å². The second-order valence-corrected chi connectivity index (χ2v) is 9.68. The summed E-state index contributed by atoms with van der Waals surface area (Å²) >= 11 is 12.0. The van der Waals surface area contributed by atoms with E-state index in [0.29, 0.717) is 35.6 Å². The molecule has 0 radical (unpaired) electrons. The number of guanidine groups is 1. The fraction of sp³-hybridized carbons (Fsp3) is 0.667. The zero-order chi connectivity index (χ0) is 18.5. The average Bonchev–Trinajstić information content (AvgIpc) is 2.72. The molecule has 25 heavy (non-hydrogen) atoms. The summed E-state index contributed by atoms with van der Waals surface area (Å²) in [6, 6.07) is 1.81. The lowest BCUT2D eigenvalue weighted by atomic mass is 9.90. The van der Waals surface area contributed by atoms with Gasteiger partial charge in [0.25, 0.3) is 0 Å². The number of nitrogens with zero attached hydrogens (tertiary/aromatic N) is 2. The number of sulfone groups is 1. The topological polar surface area (TPSA) is 75.5 Å². The van der Waals surface area contributed by atoms with Crippen LogP contribution in [0.15, 0.2) is 11.1 Å². The van der Waals surface area contributed by atoms with Crippen LogP contribution in [0.4, 0.5) is 0 Å². The van der Waals surface area contributed by atoms with Crippen LogP contribution in [0.2, 0.25) is 10.2 Å². The first-order valence-electron chi connectivity index (χ1n) is 7.57. The van der Waals surface area contributed by atoms with E-state index in [2.05, 4.69) is 15.6 Å². The van der Waals surface area contributed by atoms with Crippen molar-refractivity contribution in [3.8, 4) is 0 Å². The fourth-order valence-corrected chi connectivity index (χ4v) is 3.37. The van der Waals surface area contributed by atoms with Crippen molar-refractivity contribution in [3.05, 3.63) is 21.9 Å². The normalized spacial score (nSPS) is 12.7. The van der Waals surface area contributed by atoms with E-state index in [1.807, 2.05) is 20.9 Å². The molecule has 0 saturated heterocycles. The lowest BCUT2D eigenvalue weighted by Gasteiger charge is -2.25. The van der Waals surface area contributed by atoms with Gasteiger partial charge in [-0.2, -0.15) is 0 Å². The molecule has 0 aliphatic heterocycles. The van der Waals surface area contributed by atoms with Gasteiger partial charge in [0, 0.05) is 32.6 Å². The van der Waals surface area contributed by atoms with E-state index in [4.69, 9.17) is 23.2 Å². The van der Waals surface area contributed by atoms with Gasteiger partial charge in [0.2, 0.25) is 0 Å². The SMILES string of the molecule is CN=C(NCc1cc(Cl)c(Cl)n1C)NCC(C)(C)CCS(C)(=O)=O.I. The third-order valence-electron chi connectivity index (χ3n) is 3.76. The third kappa shape index (κ3) is 8.83. The summed E-state index contributed by atoms with van der Waals surface area (Å²) in [5.74, 6) is 0.810. The van der Waals surface area contributed by atoms with Crippen molar-refractivity contribution < 1.29 is 8.42 Å². The molecule has 0 spiro atoms. The van der Waals surface area contributed by atoms with Crippen LogP contribution in [-0.2, 0) is 23.4 Å². The standard InChI is InChI=1S/C15H26Cl2N4O2S.HI/c1-15(2,6-7-24(5,22)23)10-20-14(18-3)19-9-11-8-12(16)13(17)21(11)4;/h8H,6-7,9-10H2,1-5H3,(H2,18,19,20);1H. The summed E-state index contributed by atoms with van der Waals surface area (Å²) < 4.78 is 24.4. The van der Waals surface area contributed by atoms with Gasteiger partial charge in [-0.15, -0.1) is 24.0 Å². The van der Waals surface area contributed by atoms with E-state index in [9.17, 15) is 8.42 Å². The van der Waals surface area contributed by atoms with E-state index in [1.54, 1.807) is 17.7 Å². The van der Waals surface area contributed by atoms with Gasteiger partial charge in [0.05, 0.1) is 17.3 Å². The highest BCUT2D eigenvalue weighted by atomic mass is 127. The third-order valence-corrected chi connectivity index (χ3v) is 5.55. The Morgan fingerprint density at radius 2 is 1.92 bits per heavy atom. The number of aromatic nitrogens is 1. The first kappa shape index (κ1) is 24.8. The maximum atomic E-state index is 11.3. The lowest BCUT2D eigenvalue weighted by molar-refractivity contribution is 0.348. The Morgan fingerprint density at radius 1 is 1.32 bits per heavy atom. The van der Waals surface area contributed by atoms with Gasteiger partial charge in [0.15, 0.2) is 5.96 Å². The molecule has 0 bridgehead atoms. The van der Waals surface area contributed by atoms with Crippen LogP contribution < -0.4 is 10.6 Å². The molecule has 0 amide bonds. The monoisotopic (exact) mass is 524 g/mol. The Labute approximate surface area is 177 Å². The number of aliphatic imine (C=N–C) groups is 1. The van der Waals surface area contributed by atoms with Crippen LogP contribution >= 0.6 is 47.2 Å². The molecule has 0 saturated carbocycles. The van der Waals surface area contributed by atoms with Gasteiger partial charge < -0.3 is 15.2 Å². The van der Waals surface area contributed by atoms with E-state index in [1.165, 1.54) is 6.26 Å². The Kier molecular flexibility index (Phi) is 10.1. The number of hydrogen-bond acceptors (Lipinski definition) is 3. The Hall–Kier alpha value is -0.190. The first-order chi connectivity index (χ1) is 10.9. The summed E-state index contributed by atoms with van der Waals surface area (Å²) in [5, 5.41) is 7.43. The average molecular weight is 525 g/mol. The number of rotatable bonds is 7. The zero-order valence-corrected chi connectivity index (χ0v) is 19.8. The van der Waals surface area contributed by atoms with Gasteiger partial charge in [0.1, 0.15) is 15.0 Å². The first-order valence-corrected chi connectivity index (χ1v) is 10.4. The molecule has 6 nitrogen and oxygen atoms in total. The molecule has 1 aromatic heterocycles. The van der Waals surface area contributed by atoms with Crippen molar-refractivity contribution in [1.82, 2.24) is 15.2 Å². The smallest absolute Gasteiger partial charge is 0.191 e. The van der Waals surface area contributed by atoms with E-state index >= 15 is 0 Å². The highest BCUT2D eigenvalue weighted by molar-refractivity contribution is 14.0. The van der Waals surface area contributed by atoms with Gasteiger partial charge in [-0.25, -0.2) is 8.42 Å². The minimum Gasteiger partial charge on any atom is -0.356 e. The predicted octanol–water partition coefficient (Wildman–Crippen LogP) is 3.08. The van der Waals surface area contributed by atoms with Crippen LogP contribution in [0.5, 0.6) is 0 Å². The predicted molar refractivity (Wildman–Crippen MR) is 117 cm³/mol. The molecule has 0 aromatic carbocycles. The van der Waals surface area contributed by atoms with Crippen molar-refractivity contribution in [3.63, 3.8) is 0 Å². The molecule has 0 atom stereocenters. The summed E-state index contributed by atoms with van der Waals surface area (Å²) in [6.07, 6.45) is 1.84. The molecular weight excluding hydrogens is 498 g/mol. The van der Waals surface area contributed by atoms with Crippen molar-refractivity contribution in [2.45, 2.75) is 26.8 Å². The van der Waals surface area contributed by atoms with Gasteiger partial charge >= 0.3 is 0 Å². The molecule has 1 rings (SSSR count). The second kappa shape index (κ2) is 10.2. The Morgan fingerprint density at radius 3 is 2.36 bits per heavy atom. The highest BCUT2D eigenvalue weighted by Crippen LogP contribution is 2.25. The van der Waals surface area contributed by atoms with Gasteiger partial charge in [-0.05, 0) is 17.9 Å².